The lowest BCUT2D eigenvalue weighted by Gasteiger charge is -1.83. The Morgan fingerprint density at radius 1 is 1.00 bits per heavy atom. The zero-order chi connectivity index (χ0) is 3.57. The molecule has 4 fully saturated rings. The van der Waals surface area contributed by atoms with E-state index in [0.29, 0.717) is 0 Å². The van der Waals surface area contributed by atoms with Crippen molar-refractivity contribution in [2.45, 2.75) is 12.8 Å². The van der Waals surface area contributed by atoms with Crippen LogP contribution in [0.3, 0.4) is 0 Å². The third-order valence-electron chi connectivity index (χ3n) is 3.95. The van der Waals surface area contributed by atoms with Gasteiger partial charge < -0.3 is 0 Å². The SMILES string of the molecule is C1C2C13C1CC213. The summed E-state index contributed by atoms with van der Waals surface area (Å²) in [5, 5.41) is 0. The topological polar surface area (TPSA) is 0 Å². The van der Waals surface area contributed by atoms with Crippen molar-refractivity contribution in [3.63, 3.8) is 0 Å². The molecule has 0 amide bonds. The third kappa shape index (κ3) is 0.0294. The zero-order valence-electron chi connectivity index (χ0n) is 3.57. The van der Waals surface area contributed by atoms with Crippen LogP contribution in [0.15, 0.2) is 0 Å². The monoisotopic (exact) mass is 78.0 g/mol. The fourth-order valence-corrected chi connectivity index (χ4v) is 3.20. The molecule has 0 aromatic rings. The molecule has 4 aliphatic rings. The first-order valence-corrected chi connectivity index (χ1v) is 2.93. The lowest BCUT2D eigenvalue weighted by Crippen LogP contribution is -1.75. The van der Waals surface area contributed by atoms with E-state index in [-0.39, 0.29) is 0 Å². The van der Waals surface area contributed by atoms with Gasteiger partial charge in [-0.05, 0) is 35.5 Å². The summed E-state index contributed by atoms with van der Waals surface area (Å²) in [5.41, 5.74) is 2.24. The summed E-state index contributed by atoms with van der Waals surface area (Å²) in [7, 11) is 0. The molecule has 0 nitrogen and oxygen atoms in total. The fourth-order valence-electron chi connectivity index (χ4n) is 3.20. The normalized spacial score (nSPS) is 108. The Kier molecular flexibility index (Phi) is 0.0617. The molecule has 0 aromatic carbocycles. The van der Waals surface area contributed by atoms with Gasteiger partial charge in [-0.3, -0.25) is 0 Å². The Balaban J connectivity index is 2.35. The van der Waals surface area contributed by atoms with Gasteiger partial charge in [-0.2, -0.15) is 0 Å². The van der Waals surface area contributed by atoms with E-state index < -0.39 is 0 Å². The van der Waals surface area contributed by atoms with Crippen LogP contribution >= 0.6 is 0 Å². The smallest absolute Gasteiger partial charge is 0.0164 e. The minimum absolute atomic E-state index is 1.12. The van der Waals surface area contributed by atoms with E-state index in [4.69, 9.17) is 0 Å². The van der Waals surface area contributed by atoms with Crippen LogP contribution in [-0.2, 0) is 0 Å². The Hall–Kier alpha value is 0. The highest BCUT2D eigenvalue weighted by Crippen LogP contribution is 3.21. The molecule has 0 heterocycles. The molecule has 0 aliphatic heterocycles. The molecule has 2 spiro atoms. The van der Waals surface area contributed by atoms with Crippen LogP contribution < -0.4 is 0 Å². The first-order valence-electron chi connectivity index (χ1n) is 2.93. The van der Waals surface area contributed by atoms with Gasteiger partial charge in [0.15, 0.2) is 0 Å². The zero-order valence-corrected chi connectivity index (χ0v) is 3.57. The highest BCUT2D eigenvalue weighted by molar-refractivity contribution is 5.63. The van der Waals surface area contributed by atoms with Crippen molar-refractivity contribution in [2.75, 3.05) is 0 Å². The van der Waals surface area contributed by atoms with Crippen LogP contribution in [0.1, 0.15) is 12.8 Å². The summed E-state index contributed by atoms with van der Waals surface area (Å²) in [4.78, 5) is 0. The molecular formula is C6H6. The average Bonchev–Trinajstić information content (AvgIpc) is 2.32. The van der Waals surface area contributed by atoms with E-state index in [1.165, 1.54) is 11.8 Å². The Morgan fingerprint density at radius 3 is 1.50 bits per heavy atom. The van der Waals surface area contributed by atoms with Gasteiger partial charge in [-0.25, -0.2) is 0 Å². The number of hydrogen-bond acceptors (Lipinski definition) is 0. The molecule has 0 heteroatoms. The van der Waals surface area contributed by atoms with Gasteiger partial charge in [-0.15, -0.1) is 0 Å². The largest absolute Gasteiger partial charge is 0.0425 e. The number of rotatable bonds is 0. The fraction of sp³-hybridized carbons (Fsp3) is 1.00. The van der Waals surface area contributed by atoms with Gasteiger partial charge in [0, 0.05) is 0 Å². The summed E-state index contributed by atoms with van der Waals surface area (Å²) >= 11 is 0. The van der Waals surface area contributed by atoms with Gasteiger partial charge in [-0.1, -0.05) is 0 Å². The molecule has 0 bridgehead atoms. The summed E-state index contributed by atoms with van der Waals surface area (Å²) in [6.07, 6.45) is 3.30. The van der Waals surface area contributed by atoms with Crippen LogP contribution in [0.25, 0.3) is 0 Å². The maximum Gasteiger partial charge on any atom is -0.0164 e. The molecule has 4 rings (SSSR count). The molecule has 0 aromatic heterocycles. The van der Waals surface area contributed by atoms with Crippen LogP contribution in [0.5, 0.6) is 0 Å². The third-order valence-corrected chi connectivity index (χ3v) is 3.95. The molecule has 0 unspecified atom stereocenters. The molecule has 6 heavy (non-hydrogen) atoms. The van der Waals surface area contributed by atoms with Gasteiger partial charge in [0.2, 0.25) is 0 Å². The molecule has 0 N–H and O–H groups in total. The van der Waals surface area contributed by atoms with E-state index in [2.05, 4.69) is 0 Å². The van der Waals surface area contributed by atoms with E-state index in [1.54, 1.807) is 12.8 Å². The second-order valence-corrected chi connectivity index (χ2v) is 3.59. The molecule has 0 radical (unpaired) electrons. The van der Waals surface area contributed by atoms with Crippen molar-refractivity contribution in [2.24, 2.45) is 22.7 Å². The van der Waals surface area contributed by atoms with E-state index in [9.17, 15) is 0 Å². The minimum atomic E-state index is 1.12. The van der Waals surface area contributed by atoms with Crippen molar-refractivity contribution in [3.8, 4) is 0 Å². The lowest BCUT2D eigenvalue weighted by molar-refractivity contribution is 0.656. The standard InChI is InChI=1S/C6H6/c1-3-5(1)4-2-6(3,4)5/h3-4H,1-2H2. The minimum Gasteiger partial charge on any atom is -0.0425 e. The second-order valence-electron chi connectivity index (χ2n) is 3.59. The maximum absolute atomic E-state index is 1.65. The van der Waals surface area contributed by atoms with Crippen molar-refractivity contribution in [3.05, 3.63) is 0 Å². The van der Waals surface area contributed by atoms with Crippen LogP contribution in [0, 0.1) is 22.7 Å². The van der Waals surface area contributed by atoms with Crippen molar-refractivity contribution in [1.82, 2.24) is 0 Å². The van der Waals surface area contributed by atoms with Gasteiger partial charge in [0.1, 0.15) is 0 Å². The average molecular weight is 78.1 g/mol. The summed E-state index contributed by atoms with van der Waals surface area (Å²) in [6, 6.07) is 0. The first-order chi connectivity index (χ1) is 2.93. The van der Waals surface area contributed by atoms with E-state index in [1.807, 2.05) is 0 Å². The summed E-state index contributed by atoms with van der Waals surface area (Å²) < 4.78 is 0. The predicted octanol–water partition coefficient (Wildman–Crippen LogP) is 1.03. The molecule has 0 atom stereocenters. The lowest BCUT2D eigenvalue weighted by atomic mass is 10.2. The van der Waals surface area contributed by atoms with E-state index in [0.717, 1.165) is 10.8 Å². The molecule has 4 aliphatic carbocycles. The Bertz CT molecular complexity index is 141. The quantitative estimate of drug-likeness (QED) is 0.406. The first kappa shape index (κ1) is 1.85. The van der Waals surface area contributed by atoms with Crippen molar-refractivity contribution >= 4 is 0 Å². The summed E-state index contributed by atoms with van der Waals surface area (Å²) in [6.45, 7) is 0. The highest BCUT2D eigenvalue weighted by Gasteiger charge is 3.16. The predicted molar refractivity (Wildman–Crippen MR) is 21.1 cm³/mol. The molecule has 4 saturated carbocycles. The molecule has 0 saturated heterocycles. The Labute approximate surface area is 36.5 Å². The van der Waals surface area contributed by atoms with Crippen molar-refractivity contribution < 1.29 is 0 Å². The maximum atomic E-state index is 1.65. The van der Waals surface area contributed by atoms with Crippen LogP contribution in [-0.4, -0.2) is 0 Å². The second kappa shape index (κ2) is 0.200. The molecular weight excluding hydrogens is 72.1 g/mol. The van der Waals surface area contributed by atoms with Crippen molar-refractivity contribution in [1.29, 1.82) is 0 Å². The molecule has 30 valence electrons. The van der Waals surface area contributed by atoms with Crippen LogP contribution in [0.4, 0.5) is 0 Å². The van der Waals surface area contributed by atoms with E-state index >= 15 is 0 Å². The van der Waals surface area contributed by atoms with Gasteiger partial charge in [0.25, 0.3) is 0 Å². The number of hydrogen-bond donors (Lipinski definition) is 0. The van der Waals surface area contributed by atoms with Gasteiger partial charge in [0.05, 0.1) is 0 Å². The summed E-state index contributed by atoms with van der Waals surface area (Å²) in [5.74, 6) is 2.63. The van der Waals surface area contributed by atoms with Gasteiger partial charge >= 0.3 is 0 Å². The highest BCUT2D eigenvalue weighted by atomic mass is 15.2. The van der Waals surface area contributed by atoms with Crippen LogP contribution in [0.2, 0.25) is 0 Å². The Morgan fingerprint density at radius 2 is 1.50 bits per heavy atom.